The number of rotatable bonds is 4. The predicted molar refractivity (Wildman–Crippen MR) is 66.7 cm³/mol. The zero-order chi connectivity index (χ0) is 11.1. The van der Waals surface area contributed by atoms with Crippen LogP contribution in [0.2, 0.25) is 0 Å². The molecule has 0 heterocycles. The van der Waals surface area contributed by atoms with E-state index in [9.17, 15) is 0 Å². The summed E-state index contributed by atoms with van der Waals surface area (Å²) in [5.74, 6) is 0. The predicted octanol–water partition coefficient (Wildman–Crippen LogP) is 3.87. The van der Waals surface area contributed by atoms with Gasteiger partial charge in [0, 0.05) is 0 Å². The highest BCUT2D eigenvalue weighted by Crippen LogP contribution is 2.04. The van der Waals surface area contributed by atoms with Crippen LogP contribution >= 0.6 is 0 Å². The third-order valence-corrected chi connectivity index (χ3v) is 2.25. The zero-order valence-electron chi connectivity index (χ0n) is 9.04. The molecular formula is C15H14O. The van der Waals surface area contributed by atoms with Crippen LogP contribution in [0.25, 0.3) is 6.08 Å². The van der Waals surface area contributed by atoms with Gasteiger partial charge in [0.2, 0.25) is 0 Å². The molecule has 0 aromatic heterocycles. The van der Waals surface area contributed by atoms with E-state index in [2.05, 4.69) is 12.1 Å². The van der Waals surface area contributed by atoms with Crippen LogP contribution < -0.4 is 0 Å². The smallest absolute Gasteiger partial charge is 0.112 e. The first kappa shape index (κ1) is 10.5. The minimum Gasteiger partial charge on any atom is -0.496 e. The molecule has 0 bridgehead atoms. The third-order valence-electron chi connectivity index (χ3n) is 2.25. The molecule has 0 spiro atoms. The van der Waals surface area contributed by atoms with Crippen molar-refractivity contribution in [3.05, 3.63) is 78.1 Å². The summed E-state index contributed by atoms with van der Waals surface area (Å²) in [6.45, 7) is 0.615. The molecule has 16 heavy (non-hydrogen) atoms. The van der Waals surface area contributed by atoms with E-state index < -0.39 is 0 Å². The molecule has 0 atom stereocenters. The van der Waals surface area contributed by atoms with Gasteiger partial charge < -0.3 is 4.74 Å². The van der Waals surface area contributed by atoms with Crippen molar-refractivity contribution in [3.8, 4) is 0 Å². The van der Waals surface area contributed by atoms with Crippen LogP contribution in [0.4, 0.5) is 0 Å². The van der Waals surface area contributed by atoms with Crippen LogP contribution in [-0.2, 0) is 11.3 Å². The quantitative estimate of drug-likeness (QED) is 0.696. The molecule has 2 aromatic carbocycles. The van der Waals surface area contributed by atoms with Crippen LogP contribution in [0, 0.1) is 0 Å². The van der Waals surface area contributed by atoms with Crippen LogP contribution in [0.5, 0.6) is 0 Å². The molecule has 0 radical (unpaired) electrons. The summed E-state index contributed by atoms with van der Waals surface area (Å²) in [5, 5.41) is 0. The number of hydrogen-bond donors (Lipinski definition) is 0. The van der Waals surface area contributed by atoms with Crippen LogP contribution in [-0.4, -0.2) is 0 Å². The highest BCUT2D eigenvalue weighted by Gasteiger charge is 1.88. The van der Waals surface area contributed by atoms with Gasteiger partial charge in [-0.2, -0.15) is 0 Å². The zero-order valence-corrected chi connectivity index (χ0v) is 9.04. The number of hydrogen-bond acceptors (Lipinski definition) is 1. The second-order valence-electron chi connectivity index (χ2n) is 3.51. The Morgan fingerprint density at radius 2 is 1.44 bits per heavy atom. The average Bonchev–Trinajstić information content (AvgIpc) is 2.37. The first-order chi connectivity index (χ1) is 7.95. The Morgan fingerprint density at radius 1 is 0.812 bits per heavy atom. The van der Waals surface area contributed by atoms with Gasteiger partial charge in [0.15, 0.2) is 0 Å². The average molecular weight is 210 g/mol. The fourth-order valence-corrected chi connectivity index (χ4v) is 1.41. The molecule has 2 rings (SSSR count). The molecule has 0 aliphatic rings. The Morgan fingerprint density at radius 3 is 2.12 bits per heavy atom. The fourth-order valence-electron chi connectivity index (χ4n) is 1.41. The van der Waals surface area contributed by atoms with Crippen LogP contribution in [0.15, 0.2) is 66.9 Å². The minimum atomic E-state index is 0.615. The lowest BCUT2D eigenvalue weighted by atomic mass is 10.2. The van der Waals surface area contributed by atoms with E-state index in [0.29, 0.717) is 6.61 Å². The summed E-state index contributed by atoms with van der Waals surface area (Å²) >= 11 is 0. The Kier molecular flexibility index (Phi) is 3.78. The molecule has 2 aromatic rings. The van der Waals surface area contributed by atoms with E-state index in [-0.39, 0.29) is 0 Å². The Labute approximate surface area is 96.0 Å². The summed E-state index contributed by atoms with van der Waals surface area (Å²) in [6, 6.07) is 20.2. The van der Waals surface area contributed by atoms with Gasteiger partial charge in [-0.3, -0.25) is 0 Å². The largest absolute Gasteiger partial charge is 0.496 e. The topological polar surface area (TPSA) is 9.23 Å². The van der Waals surface area contributed by atoms with Crippen LogP contribution in [0.3, 0.4) is 0 Å². The minimum absolute atomic E-state index is 0.615. The molecule has 0 saturated heterocycles. The molecular weight excluding hydrogens is 196 g/mol. The van der Waals surface area contributed by atoms with Crippen molar-refractivity contribution in [2.24, 2.45) is 0 Å². The normalized spacial score (nSPS) is 10.5. The number of ether oxygens (including phenoxy) is 1. The first-order valence-corrected chi connectivity index (χ1v) is 5.32. The summed E-state index contributed by atoms with van der Waals surface area (Å²) in [7, 11) is 0. The van der Waals surface area contributed by atoms with E-state index in [1.807, 2.05) is 54.6 Å². The second-order valence-corrected chi connectivity index (χ2v) is 3.51. The Bertz CT molecular complexity index is 432. The molecule has 80 valence electrons. The lowest BCUT2D eigenvalue weighted by Crippen LogP contribution is -1.84. The van der Waals surface area contributed by atoms with E-state index in [1.54, 1.807) is 6.26 Å². The summed E-state index contributed by atoms with van der Waals surface area (Å²) < 4.78 is 5.44. The van der Waals surface area contributed by atoms with Gasteiger partial charge in [0.25, 0.3) is 0 Å². The lowest BCUT2D eigenvalue weighted by molar-refractivity contribution is 0.239. The van der Waals surface area contributed by atoms with Crippen molar-refractivity contribution in [1.82, 2.24) is 0 Å². The second kappa shape index (κ2) is 5.76. The summed E-state index contributed by atoms with van der Waals surface area (Å²) in [4.78, 5) is 0. The molecule has 0 aliphatic carbocycles. The maximum atomic E-state index is 5.44. The van der Waals surface area contributed by atoms with E-state index >= 15 is 0 Å². The highest BCUT2D eigenvalue weighted by atomic mass is 16.5. The Hall–Kier alpha value is -2.02. The molecule has 1 heteroatoms. The van der Waals surface area contributed by atoms with Crippen molar-refractivity contribution in [2.45, 2.75) is 6.61 Å². The summed E-state index contributed by atoms with van der Waals surface area (Å²) in [6.07, 6.45) is 3.70. The standard InChI is InChI=1S/C15H14O/c1-3-7-14(8-4-1)11-12-16-13-15-9-5-2-6-10-15/h1-12H,13H2/b12-11-. The molecule has 0 amide bonds. The van der Waals surface area contributed by atoms with Crippen molar-refractivity contribution >= 4 is 6.08 Å². The molecule has 1 nitrogen and oxygen atoms in total. The van der Waals surface area contributed by atoms with E-state index in [0.717, 1.165) is 5.56 Å². The van der Waals surface area contributed by atoms with Crippen LogP contribution in [0.1, 0.15) is 11.1 Å². The molecule has 0 N–H and O–H groups in total. The Balaban J connectivity index is 1.83. The van der Waals surface area contributed by atoms with Gasteiger partial charge in [-0.05, 0) is 17.2 Å². The lowest BCUT2D eigenvalue weighted by Gasteiger charge is -2.00. The molecule has 0 saturated carbocycles. The maximum absolute atomic E-state index is 5.44. The third kappa shape index (κ3) is 3.28. The van der Waals surface area contributed by atoms with Crippen molar-refractivity contribution in [2.75, 3.05) is 0 Å². The van der Waals surface area contributed by atoms with E-state index in [4.69, 9.17) is 4.74 Å². The van der Waals surface area contributed by atoms with Crippen molar-refractivity contribution in [1.29, 1.82) is 0 Å². The van der Waals surface area contributed by atoms with Gasteiger partial charge in [0.05, 0.1) is 6.26 Å². The van der Waals surface area contributed by atoms with Crippen molar-refractivity contribution in [3.63, 3.8) is 0 Å². The van der Waals surface area contributed by atoms with Gasteiger partial charge >= 0.3 is 0 Å². The van der Waals surface area contributed by atoms with Crippen molar-refractivity contribution < 1.29 is 4.74 Å². The summed E-state index contributed by atoms with van der Waals surface area (Å²) in [5.41, 5.74) is 2.33. The van der Waals surface area contributed by atoms with Gasteiger partial charge in [0.1, 0.15) is 6.61 Å². The van der Waals surface area contributed by atoms with Gasteiger partial charge in [-0.25, -0.2) is 0 Å². The monoisotopic (exact) mass is 210 g/mol. The van der Waals surface area contributed by atoms with Gasteiger partial charge in [-0.15, -0.1) is 0 Å². The molecule has 0 unspecified atom stereocenters. The number of benzene rings is 2. The maximum Gasteiger partial charge on any atom is 0.112 e. The fraction of sp³-hybridized carbons (Fsp3) is 0.0667. The van der Waals surface area contributed by atoms with E-state index in [1.165, 1.54) is 5.56 Å². The first-order valence-electron chi connectivity index (χ1n) is 5.32. The SMILES string of the molecule is C(=C/c1ccccc1)/OCc1ccccc1. The molecule has 0 aliphatic heterocycles. The molecule has 0 fully saturated rings. The van der Waals surface area contributed by atoms with Gasteiger partial charge in [-0.1, -0.05) is 60.7 Å². The highest BCUT2D eigenvalue weighted by molar-refractivity contribution is 5.47.